The van der Waals surface area contributed by atoms with E-state index in [9.17, 15) is 4.79 Å². The van der Waals surface area contributed by atoms with Crippen LogP contribution in [0.5, 0.6) is 0 Å². The molecule has 1 saturated heterocycles. The second kappa shape index (κ2) is 6.13. The summed E-state index contributed by atoms with van der Waals surface area (Å²) in [5.74, 6) is 1.53. The van der Waals surface area contributed by atoms with E-state index in [0.717, 1.165) is 48.8 Å². The van der Waals surface area contributed by atoms with Crippen molar-refractivity contribution >= 4 is 10.9 Å². The lowest BCUT2D eigenvalue weighted by atomic mass is 10.2. The molecule has 1 aliphatic rings. The first-order chi connectivity index (χ1) is 11.7. The van der Waals surface area contributed by atoms with E-state index in [1.54, 1.807) is 12.3 Å². The molecule has 1 aliphatic heterocycles. The van der Waals surface area contributed by atoms with Crippen LogP contribution < -0.4 is 5.56 Å². The third-order valence-electron chi connectivity index (χ3n) is 4.51. The highest BCUT2D eigenvalue weighted by Crippen LogP contribution is 2.31. The summed E-state index contributed by atoms with van der Waals surface area (Å²) in [5, 5.41) is 0.636. The Morgan fingerprint density at radius 1 is 1.25 bits per heavy atom. The van der Waals surface area contributed by atoms with Crippen molar-refractivity contribution in [3.8, 4) is 0 Å². The number of rotatable bonds is 3. The van der Waals surface area contributed by atoms with Crippen molar-refractivity contribution < 1.29 is 0 Å². The van der Waals surface area contributed by atoms with E-state index in [2.05, 4.69) is 19.9 Å². The van der Waals surface area contributed by atoms with Gasteiger partial charge in [0.1, 0.15) is 11.6 Å². The zero-order valence-corrected chi connectivity index (χ0v) is 13.6. The Morgan fingerprint density at radius 2 is 2.12 bits per heavy atom. The van der Waals surface area contributed by atoms with Gasteiger partial charge in [0.25, 0.3) is 5.56 Å². The molecule has 6 heteroatoms. The average Bonchev–Trinajstić information content (AvgIpc) is 3.03. The van der Waals surface area contributed by atoms with Crippen LogP contribution in [0, 0.1) is 6.92 Å². The molecule has 4 rings (SSSR count). The second-order valence-electron chi connectivity index (χ2n) is 6.19. The lowest BCUT2D eigenvalue weighted by Crippen LogP contribution is -2.26. The maximum atomic E-state index is 12.3. The zero-order valence-electron chi connectivity index (χ0n) is 13.6. The minimum absolute atomic E-state index is 0.0691. The topological polar surface area (TPSA) is 74.8 Å². The van der Waals surface area contributed by atoms with Gasteiger partial charge in [-0.2, -0.15) is 0 Å². The highest BCUT2D eigenvalue weighted by atomic mass is 16.1. The molecular formula is C18H19N5O. The van der Waals surface area contributed by atoms with Gasteiger partial charge in [0.2, 0.25) is 0 Å². The number of nitrogens with zero attached hydrogens (tertiary/aromatic N) is 4. The number of aryl methyl sites for hydroxylation is 1. The molecule has 1 N–H and O–H groups in total. The van der Waals surface area contributed by atoms with Gasteiger partial charge in [-0.05, 0) is 44.5 Å². The summed E-state index contributed by atoms with van der Waals surface area (Å²) in [6.07, 6.45) is 3.87. The van der Waals surface area contributed by atoms with E-state index in [1.807, 2.05) is 31.2 Å². The van der Waals surface area contributed by atoms with Gasteiger partial charge in [0.05, 0.1) is 22.6 Å². The lowest BCUT2D eigenvalue weighted by Gasteiger charge is -2.23. The first-order valence-electron chi connectivity index (χ1n) is 8.22. The summed E-state index contributed by atoms with van der Waals surface area (Å²) < 4.78 is 0. The van der Waals surface area contributed by atoms with Crippen LogP contribution in [0.25, 0.3) is 10.9 Å². The summed E-state index contributed by atoms with van der Waals surface area (Å²) in [6.45, 7) is 3.61. The van der Waals surface area contributed by atoms with E-state index < -0.39 is 0 Å². The van der Waals surface area contributed by atoms with Crippen LogP contribution in [-0.4, -0.2) is 31.4 Å². The maximum absolute atomic E-state index is 12.3. The first kappa shape index (κ1) is 15.0. The summed E-state index contributed by atoms with van der Waals surface area (Å²) in [4.78, 5) is 31.0. The summed E-state index contributed by atoms with van der Waals surface area (Å²) in [7, 11) is 0. The second-order valence-corrected chi connectivity index (χ2v) is 6.19. The van der Waals surface area contributed by atoms with Crippen LogP contribution in [0.15, 0.2) is 41.3 Å². The molecule has 0 bridgehead atoms. The molecule has 24 heavy (non-hydrogen) atoms. The molecule has 6 nitrogen and oxygen atoms in total. The average molecular weight is 321 g/mol. The smallest absolute Gasteiger partial charge is 0.258 e. The van der Waals surface area contributed by atoms with Crippen molar-refractivity contribution in [2.75, 3.05) is 6.54 Å². The van der Waals surface area contributed by atoms with Crippen molar-refractivity contribution in [3.05, 3.63) is 64.2 Å². The summed E-state index contributed by atoms with van der Waals surface area (Å²) in [5.41, 5.74) is 1.68. The third kappa shape index (κ3) is 2.80. The van der Waals surface area contributed by atoms with E-state index in [1.165, 1.54) is 0 Å². The number of hydrogen-bond acceptors (Lipinski definition) is 5. The van der Waals surface area contributed by atoms with E-state index in [0.29, 0.717) is 5.39 Å². The molecule has 0 amide bonds. The molecule has 0 saturated carbocycles. The fourth-order valence-corrected chi connectivity index (χ4v) is 3.39. The van der Waals surface area contributed by atoms with Crippen molar-refractivity contribution in [1.82, 2.24) is 24.8 Å². The molecule has 1 fully saturated rings. The number of nitrogens with one attached hydrogen (secondary N) is 1. The van der Waals surface area contributed by atoms with Crippen LogP contribution in [0.4, 0.5) is 0 Å². The minimum Gasteiger partial charge on any atom is -0.309 e. The fourth-order valence-electron chi connectivity index (χ4n) is 3.39. The van der Waals surface area contributed by atoms with Gasteiger partial charge >= 0.3 is 0 Å². The van der Waals surface area contributed by atoms with Gasteiger partial charge in [-0.1, -0.05) is 12.1 Å². The molecular weight excluding hydrogens is 302 g/mol. The number of benzene rings is 1. The predicted octanol–water partition coefficient (Wildman–Crippen LogP) is 2.36. The third-order valence-corrected chi connectivity index (χ3v) is 4.51. The van der Waals surface area contributed by atoms with Crippen LogP contribution in [0.3, 0.4) is 0 Å². The van der Waals surface area contributed by atoms with Crippen molar-refractivity contribution in [1.29, 1.82) is 0 Å². The van der Waals surface area contributed by atoms with Gasteiger partial charge in [-0.15, -0.1) is 0 Å². The van der Waals surface area contributed by atoms with E-state index in [4.69, 9.17) is 4.98 Å². The largest absolute Gasteiger partial charge is 0.309 e. The van der Waals surface area contributed by atoms with Crippen molar-refractivity contribution in [2.45, 2.75) is 32.4 Å². The first-order valence-corrected chi connectivity index (χ1v) is 8.22. The van der Waals surface area contributed by atoms with Gasteiger partial charge < -0.3 is 4.98 Å². The minimum atomic E-state index is -0.0691. The van der Waals surface area contributed by atoms with Gasteiger partial charge in [-0.3, -0.25) is 9.69 Å². The maximum Gasteiger partial charge on any atom is 0.258 e. The SMILES string of the molecule is Cc1nccc(CN2CCCC2c2nc3ccccc3c(=O)[nH]2)n1. The number of H-pyrrole nitrogens is 1. The monoisotopic (exact) mass is 321 g/mol. The number of aromatic amines is 1. The Kier molecular flexibility index (Phi) is 3.82. The Balaban J connectivity index is 1.66. The van der Waals surface area contributed by atoms with Crippen LogP contribution >= 0.6 is 0 Å². The number of likely N-dealkylation sites (tertiary alicyclic amines) is 1. The normalized spacial score (nSPS) is 18.3. The molecule has 0 radical (unpaired) electrons. The highest BCUT2D eigenvalue weighted by molar-refractivity contribution is 5.77. The highest BCUT2D eigenvalue weighted by Gasteiger charge is 2.28. The molecule has 3 aromatic rings. The van der Waals surface area contributed by atoms with Crippen LogP contribution in [-0.2, 0) is 6.54 Å². The number of para-hydroxylation sites is 1. The Labute approximate surface area is 139 Å². The summed E-state index contributed by atoms with van der Waals surface area (Å²) in [6, 6.07) is 9.53. The lowest BCUT2D eigenvalue weighted by molar-refractivity contribution is 0.237. The van der Waals surface area contributed by atoms with Gasteiger partial charge in [0, 0.05) is 12.7 Å². The Morgan fingerprint density at radius 3 is 3.00 bits per heavy atom. The van der Waals surface area contributed by atoms with Gasteiger partial charge in [-0.25, -0.2) is 15.0 Å². The molecule has 0 aliphatic carbocycles. The predicted molar refractivity (Wildman–Crippen MR) is 91.5 cm³/mol. The molecule has 2 aromatic heterocycles. The Hall–Kier alpha value is -2.60. The van der Waals surface area contributed by atoms with E-state index >= 15 is 0 Å². The molecule has 3 heterocycles. The van der Waals surface area contributed by atoms with E-state index in [-0.39, 0.29) is 11.6 Å². The molecule has 1 unspecified atom stereocenters. The van der Waals surface area contributed by atoms with Crippen molar-refractivity contribution in [3.63, 3.8) is 0 Å². The number of fused-ring (bicyclic) bond motifs is 1. The molecule has 1 atom stereocenters. The standard InChI is InChI=1S/C18H19N5O/c1-12-19-9-8-13(20-12)11-23-10-4-7-16(23)17-21-15-6-3-2-5-14(15)18(24)22-17/h2-3,5-6,8-9,16H,4,7,10-11H2,1H3,(H,21,22,24). The molecule has 122 valence electrons. The van der Waals surface area contributed by atoms with Crippen LogP contribution in [0.2, 0.25) is 0 Å². The quantitative estimate of drug-likeness (QED) is 0.801. The Bertz CT molecular complexity index is 936. The number of hydrogen-bond donors (Lipinski definition) is 1. The zero-order chi connectivity index (χ0) is 16.5. The number of aromatic nitrogens is 4. The van der Waals surface area contributed by atoms with Gasteiger partial charge in [0.15, 0.2) is 0 Å². The molecule has 0 spiro atoms. The summed E-state index contributed by atoms with van der Waals surface area (Å²) >= 11 is 0. The molecule has 1 aromatic carbocycles. The van der Waals surface area contributed by atoms with Crippen LogP contribution in [0.1, 0.15) is 36.2 Å². The fraction of sp³-hybridized carbons (Fsp3) is 0.333. The van der Waals surface area contributed by atoms with Crippen molar-refractivity contribution in [2.24, 2.45) is 0 Å².